The van der Waals surface area contributed by atoms with Crippen LogP contribution in [-0.2, 0) is 0 Å². The van der Waals surface area contributed by atoms with Crippen LogP contribution in [0.25, 0.3) is 0 Å². The topological polar surface area (TPSA) is 0 Å². The summed E-state index contributed by atoms with van der Waals surface area (Å²) in [6.45, 7) is 12.6. The summed E-state index contributed by atoms with van der Waals surface area (Å²) in [5, 5.41) is 0. The first-order valence-corrected chi connectivity index (χ1v) is 6.72. The molecule has 0 aliphatic heterocycles. The molecule has 0 atom stereocenters. The molecule has 0 unspecified atom stereocenters. The summed E-state index contributed by atoms with van der Waals surface area (Å²) in [5.41, 5.74) is 2.73. The lowest BCUT2D eigenvalue weighted by Crippen LogP contribution is -2.11. The summed E-state index contributed by atoms with van der Waals surface area (Å²) in [5.74, 6) is 2.59. The van der Waals surface area contributed by atoms with E-state index in [1.807, 2.05) is 0 Å². The molecule has 17 heavy (non-hydrogen) atoms. The highest BCUT2D eigenvalue weighted by molar-refractivity contribution is 6.08. The van der Waals surface area contributed by atoms with Crippen LogP contribution in [0.4, 0.5) is 0 Å². The molecule has 0 fully saturated rings. The van der Waals surface area contributed by atoms with Crippen molar-refractivity contribution >= 4 is 7.85 Å². The molecule has 0 aromatic heterocycles. The zero-order valence-electron chi connectivity index (χ0n) is 11.9. The van der Waals surface area contributed by atoms with Gasteiger partial charge in [0.15, 0.2) is 0 Å². The Labute approximate surface area is 109 Å². The number of allylic oxidation sites excluding steroid dienone is 2. The fourth-order valence-electron chi connectivity index (χ4n) is 1.85. The second-order valence-corrected chi connectivity index (χ2v) is 5.75. The molecule has 0 aromatic carbocycles. The van der Waals surface area contributed by atoms with Crippen LogP contribution in [0, 0.1) is 17.8 Å². The Morgan fingerprint density at radius 1 is 1.18 bits per heavy atom. The molecule has 0 saturated heterocycles. The van der Waals surface area contributed by atoms with E-state index in [2.05, 4.69) is 40.8 Å². The molecule has 0 aromatic rings. The fraction of sp³-hybridized carbons (Fsp3) is 0.625. The van der Waals surface area contributed by atoms with Crippen molar-refractivity contribution in [1.29, 1.82) is 0 Å². The number of rotatable bonds is 9. The molecule has 0 amide bonds. The molecular weight excluding hydrogens is 203 g/mol. The first kappa shape index (κ1) is 16.1. The average molecular weight is 230 g/mol. The Kier molecular flexibility index (Phi) is 7.80. The van der Waals surface area contributed by atoms with Crippen molar-refractivity contribution in [2.45, 2.75) is 58.7 Å². The van der Waals surface area contributed by atoms with Crippen molar-refractivity contribution in [2.75, 3.05) is 0 Å². The van der Waals surface area contributed by atoms with Gasteiger partial charge in [0.05, 0.1) is 0 Å². The van der Waals surface area contributed by atoms with Gasteiger partial charge in [0, 0.05) is 0 Å². The Hall–Kier alpha value is -0.895. The van der Waals surface area contributed by atoms with E-state index in [4.69, 9.17) is 6.42 Å². The van der Waals surface area contributed by atoms with Crippen molar-refractivity contribution in [3.05, 3.63) is 24.3 Å². The van der Waals surface area contributed by atoms with Crippen LogP contribution in [0.3, 0.4) is 0 Å². The van der Waals surface area contributed by atoms with E-state index in [9.17, 15) is 0 Å². The molecule has 1 heteroatoms. The summed E-state index contributed by atoms with van der Waals surface area (Å²) >= 11 is 0. The van der Waals surface area contributed by atoms with Crippen molar-refractivity contribution in [3.8, 4) is 12.3 Å². The smallest absolute Gasteiger partial charge is 0.102 e. The zero-order valence-corrected chi connectivity index (χ0v) is 11.9. The maximum absolute atomic E-state index is 5.26. The van der Waals surface area contributed by atoms with Gasteiger partial charge in [-0.3, -0.25) is 0 Å². The molecule has 0 aliphatic rings. The molecule has 0 bridgehead atoms. The van der Waals surface area contributed by atoms with E-state index in [1.54, 1.807) is 0 Å². The average Bonchev–Trinajstić information content (AvgIpc) is 2.27. The maximum atomic E-state index is 5.26. The molecular formula is C16H27B. The highest BCUT2D eigenvalue weighted by Gasteiger charge is 2.15. The minimum atomic E-state index is 0.412. The summed E-state index contributed by atoms with van der Waals surface area (Å²) in [6, 6.07) is 0. The van der Waals surface area contributed by atoms with Crippen LogP contribution < -0.4 is 0 Å². The van der Waals surface area contributed by atoms with Gasteiger partial charge >= 0.3 is 0 Å². The van der Waals surface area contributed by atoms with Crippen LogP contribution in [0.1, 0.15) is 52.4 Å². The third kappa shape index (κ3) is 8.87. The summed E-state index contributed by atoms with van der Waals surface area (Å²) in [7, 11) is 2.25. The van der Waals surface area contributed by atoms with E-state index < -0.39 is 0 Å². The molecule has 0 heterocycles. The van der Waals surface area contributed by atoms with E-state index in [1.165, 1.54) is 24.7 Å². The first-order chi connectivity index (χ1) is 7.91. The lowest BCUT2D eigenvalue weighted by atomic mass is 9.74. The third-order valence-electron chi connectivity index (χ3n) is 3.40. The van der Waals surface area contributed by atoms with Crippen LogP contribution in [-0.4, -0.2) is 7.85 Å². The summed E-state index contributed by atoms with van der Waals surface area (Å²) in [6.07, 6.45) is 13.4. The molecule has 0 nitrogen and oxygen atoms in total. The molecule has 0 spiro atoms. The Morgan fingerprint density at radius 2 is 1.76 bits per heavy atom. The van der Waals surface area contributed by atoms with Crippen molar-refractivity contribution in [1.82, 2.24) is 0 Å². The van der Waals surface area contributed by atoms with Gasteiger partial charge in [-0.25, -0.2) is 0 Å². The summed E-state index contributed by atoms with van der Waals surface area (Å²) in [4.78, 5) is 0. The standard InChI is InChI=1S/C16H27B/c1-6-14(2)10-8-7-9-11-15(3)12-16(4,5)13-17/h1H,2-3,7-13,17H2,4-5H3. The minimum absolute atomic E-state index is 0.412. The number of hydrogen-bond acceptors (Lipinski definition) is 0. The highest BCUT2D eigenvalue weighted by atomic mass is 14.2. The normalized spacial score (nSPS) is 10.9. The lowest BCUT2D eigenvalue weighted by Gasteiger charge is -2.23. The largest absolute Gasteiger partial charge is 0.115 e. The van der Waals surface area contributed by atoms with Crippen molar-refractivity contribution in [3.63, 3.8) is 0 Å². The Bertz CT molecular complexity index is 291. The van der Waals surface area contributed by atoms with Gasteiger partial charge in [-0.15, -0.1) is 6.42 Å². The van der Waals surface area contributed by atoms with Gasteiger partial charge in [0.2, 0.25) is 0 Å². The highest BCUT2D eigenvalue weighted by Crippen LogP contribution is 2.29. The van der Waals surface area contributed by atoms with Crippen LogP contribution in [0.15, 0.2) is 24.3 Å². The second kappa shape index (κ2) is 8.23. The van der Waals surface area contributed by atoms with Gasteiger partial charge in [-0.2, -0.15) is 0 Å². The Morgan fingerprint density at radius 3 is 2.29 bits per heavy atom. The number of unbranched alkanes of at least 4 members (excludes halogenated alkanes) is 2. The minimum Gasteiger partial charge on any atom is -0.115 e. The molecule has 94 valence electrons. The van der Waals surface area contributed by atoms with Gasteiger partial charge < -0.3 is 0 Å². The molecule has 0 saturated carbocycles. The predicted molar refractivity (Wildman–Crippen MR) is 81.9 cm³/mol. The van der Waals surface area contributed by atoms with E-state index in [-0.39, 0.29) is 0 Å². The molecule has 0 N–H and O–H groups in total. The maximum Gasteiger partial charge on any atom is 0.102 e. The van der Waals surface area contributed by atoms with Gasteiger partial charge in [0.25, 0.3) is 0 Å². The molecule has 0 aliphatic carbocycles. The van der Waals surface area contributed by atoms with Crippen LogP contribution in [0.5, 0.6) is 0 Å². The second-order valence-electron chi connectivity index (χ2n) is 5.75. The molecule has 0 radical (unpaired) electrons. The van der Waals surface area contributed by atoms with Crippen molar-refractivity contribution < 1.29 is 0 Å². The fourth-order valence-corrected chi connectivity index (χ4v) is 1.85. The third-order valence-corrected chi connectivity index (χ3v) is 3.40. The first-order valence-electron chi connectivity index (χ1n) is 6.72. The zero-order chi connectivity index (χ0) is 13.3. The van der Waals surface area contributed by atoms with Crippen LogP contribution >= 0.6 is 0 Å². The monoisotopic (exact) mass is 230 g/mol. The molecule has 0 rings (SSSR count). The van der Waals surface area contributed by atoms with E-state index in [0.717, 1.165) is 31.3 Å². The van der Waals surface area contributed by atoms with E-state index in [0.29, 0.717) is 5.41 Å². The predicted octanol–water partition coefficient (Wildman–Crippen LogP) is 4.15. The number of terminal acetylenes is 1. The van der Waals surface area contributed by atoms with Crippen molar-refractivity contribution in [2.24, 2.45) is 5.41 Å². The Balaban J connectivity index is 3.60. The number of hydrogen-bond donors (Lipinski definition) is 0. The van der Waals surface area contributed by atoms with Gasteiger partial charge in [-0.05, 0) is 43.1 Å². The van der Waals surface area contributed by atoms with E-state index >= 15 is 0 Å². The quantitative estimate of drug-likeness (QED) is 0.241. The summed E-state index contributed by atoms with van der Waals surface area (Å²) < 4.78 is 0. The van der Waals surface area contributed by atoms with Gasteiger partial charge in [0.1, 0.15) is 7.85 Å². The van der Waals surface area contributed by atoms with Gasteiger partial charge in [-0.1, -0.05) is 51.2 Å². The van der Waals surface area contributed by atoms with Crippen LogP contribution in [0.2, 0.25) is 6.32 Å². The lowest BCUT2D eigenvalue weighted by molar-refractivity contribution is 0.403. The SMILES string of the molecule is BCC(C)(C)CC(=C)CCCCCC(=C)C#C.